The molecule has 5 rings (SSSR count). The largest absolute Gasteiger partial charge is 0.327 e. The molecule has 3 heterocycles. The fourth-order valence-corrected chi connectivity index (χ4v) is 4.08. The van der Waals surface area contributed by atoms with Crippen LogP contribution in [0.4, 0.5) is 0 Å². The maximum absolute atomic E-state index is 12.6. The second-order valence-corrected chi connectivity index (χ2v) is 9.43. The first-order chi connectivity index (χ1) is 16.3. The Morgan fingerprint density at radius 3 is 2.35 bits per heavy atom. The van der Waals surface area contributed by atoms with Crippen molar-refractivity contribution in [3.63, 3.8) is 0 Å². The van der Waals surface area contributed by atoms with Crippen LogP contribution in [0.1, 0.15) is 32.2 Å². The lowest BCUT2D eigenvalue weighted by atomic mass is 9.92. The molecule has 0 fully saturated rings. The Hall–Kier alpha value is -4.34. The van der Waals surface area contributed by atoms with Gasteiger partial charge in [0.1, 0.15) is 5.82 Å². The summed E-state index contributed by atoms with van der Waals surface area (Å²) in [6.07, 6.45) is 0.652. The van der Waals surface area contributed by atoms with E-state index in [1.165, 1.54) is 0 Å². The predicted molar refractivity (Wildman–Crippen MR) is 128 cm³/mol. The third-order valence-electron chi connectivity index (χ3n) is 5.53. The number of rotatable bonds is 5. The second-order valence-electron chi connectivity index (χ2n) is 9.43. The molecule has 0 aliphatic heterocycles. The van der Waals surface area contributed by atoms with Gasteiger partial charge in [0.2, 0.25) is 5.82 Å². The van der Waals surface area contributed by atoms with Crippen LogP contribution in [0, 0.1) is 5.41 Å². The molecular weight excluding hydrogens is 432 g/mol. The predicted octanol–water partition coefficient (Wildman–Crippen LogP) is 2.90. The lowest BCUT2D eigenvalue weighted by molar-refractivity contribution is 0.394. The van der Waals surface area contributed by atoms with Crippen LogP contribution < -0.4 is 11.2 Å². The van der Waals surface area contributed by atoms with Gasteiger partial charge in [-0.1, -0.05) is 69.3 Å². The van der Waals surface area contributed by atoms with Gasteiger partial charge in [-0.05, 0) is 27.3 Å². The SMILES string of the molecule is CC(C)(C)Cc1nc2[nH]c(=O)[nH]c(=O)c2n1Cc1ccc(-c2ccccc2-c2nn[nH]n2)cc1. The molecule has 0 radical (unpaired) electrons. The third kappa shape index (κ3) is 4.17. The van der Waals surface area contributed by atoms with Crippen molar-refractivity contribution < 1.29 is 0 Å². The third-order valence-corrected chi connectivity index (χ3v) is 5.53. The van der Waals surface area contributed by atoms with Gasteiger partial charge < -0.3 is 4.57 Å². The molecule has 0 saturated carbocycles. The van der Waals surface area contributed by atoms with Crippen molar-refractivity contribution in [2.24, 2.45) is 5.41 Å². The molecule has 10 heteroatoms. The Labute approximate surface area is 194 Å². The zero-order valence-corrected chi connectivity index (χ0v) is 19.1. The summed E-state index contributed by atoms with van der Waals surface area (Å²) < 4.78 is 1.89. The maximum atomic E-state index is 12.6. The minimum absolute atomic E-state index is 0.0467. The highest BCUT2D eigenvalue weighted by atomic mass is 16.2. The van der Waals surface area contributed by atoms with Gasteiger partial charge in [-0.3, -0.25) is 14.8 Å². The molecule has 0 aliphatic rings. The smallest absolute Gasteiger partial charge is 0.318 e. The standard InChI is InChI=1S/C24H24N8O2/c1-24(2,3)12-18-25-21-19(22(33)27-23(34)26-21)32(18)13-14-8-10-15(11-9-14)16-6-4-5-7-17(16)20-28-30-31-29-20/h4-11H,12-13H2,1-3H3,(H2,26,27,33,34)(H,28,29,30,31). The summed E-state index contributed by atoms with van der Waals surface area (Å²) in [5.41, 5.74) is 3.50. The zero-order chi connectivity index (χ0) is 23.9. The van der Waals surface area contributed by atoms with Gasteiger partial charge in [0.05, 0.1) is 0 Å². The molecule has 0 atom stereocenters. The fourth-order valence-electron chi connectivity index (χ4n) is 4.08. The van der Waals surface area contributed by atoms with E-state index in [1.54, 1.807) is 0 Å². The molecule has 0 unspecified atom stereocenters. The van der Waals surface area contributed by atoms with E-state index in [9.17, 15) is 9.59 Å². The normalized spacial score (nSPS) is 11.9. The summed E-state index contributed by atoms with van der Waals surface area (Å²) in [6.45, 7) is 6.78. The summed E-state index contributed by atoms with van der Waals surface area (Å²) in [6, 6.07) is 16.0. The Bertz CT molecular complexity index is 1570. The first-order valence-corrected chi connectivity index (χ1v) is 10.9. The average Bonchev–Trinajstić information content (AvgIpc) is 3.42. The van der Waals surface area contributed by atoms with Crippen molar-refractivity contribution in [2.75, 3.05) is 0 Å². The molecule has 3 aromatic heterocycles. The van der Waals surface area contributed by atoms with Crippen LogP contribution >= 0.6 is 0 Å². The van der Waals surface area contributed by atoms with E-state index < -0.39 is 11.2 Å². The number of hydrogen-bond donors (Lipinski definition) is 3. The number of hydrogen-bond acceptors (Lipinski definition) is 6. The Morgan fingerprint density at radius 1 is 0.941 bits per heavy atom. The number of nitrogens with one attached hydrogen (secondary N) is 3. The molecule has 0 saturated heterocycles. The fraction of sp³-hybridized carbons (Fsp3) is 0.250. The molecular formula is C24H24N8O2. The summed E-state index contributed by atoms with van der Waals surface area (Å²) in [5.74, 6) is 1.28. The molecule has 5 aromatic rings. The van der Waals surface area contributed by atoms with E-state index in [0.29, 0.717) is 30.0 Å². The van der Waals surface area contributed by atoms with Crippen molar-refractivity contribution in [2.45, 2.75) is 33.7 Å². The zero-order valence-electron chi connectivity index (χ0n) is 19.1. The molecule has 3 N–H and O–H groups in total. The van der Waals surface area contributed by atoms with Crippen LogP contribution in [0.5, 0.6) is 0 Å². The molecule has 34 heavy (non-hydrogen) atoms. The monoisotopic (exact) mass is 456 g/mol. The van der Waals surface area contributed by atoms with Crippen LogP contribution in [-0.4, -0.2) is 40.1 Å². The highest BCUT2D eigenvalue weighted by Crippen LogP contribution is 2.30. The summed E-state index contributed by atoms with van der Waals surface area (Å²) in [4.78, 5) is 34.0. The Kier molecular flexibility index (Phi) is 5.20. The van der Waals surface area contributed by atoms with Crippen molar-refractivity contribution >= 4 is 11.2 Å². The number of H-pyrrole nitrogens is 3. The number of benzene rings is 2. The van der Waals surface area contributed by atoms with E-state index in [2.05, 4.69) is 56.3 Å². The van der Waals surface area contributed by atoms with Gasteiger partial charge >= 0.3 is 5.69 Å². The van der Waals surface area contributed by atoms with Gasteiger partial charge in [0.15, 0.2) is 11.2 Å². The Morgan fingerprint density at radius 2 is 1.68 bits per heavy atom. The van der Waals surface area contributed by atoms with E-state index in [1.807, 2.05) is 53.1 Å². The van der Waals surface area contributed by atoms with Gasteiger partial charge in [-0.25, -0.2) is 9.78 Å². The number of tetrazole rings is 1. The molecule has 172 valence electrons. The molecule has 0 spiro atoms. The van der Waals surface area contributed by atoms with Gasteiger partial charge in [0.25, 0.3) is 5.56 Å². The topological polar surface area (TPSA) is 138 Å². The first kappa shape index (κ1) is 21.5. The quantitative estimate of drug-likeness (QED) is 0.372. The van der Waals surface area contributed by atoms with Crippen LogP contribution in [0.3, 0.4) is 0 Å². The molecule has 0 aliphatic carbocycles. The van der Waals surface area contributed by atoms with Gasteiger partial charge in [0, 0.05) is 18.5 Å². The summed E-state index contributed by atoms with van der Waals surface area (Å²) in [7, 11) is 0. The minimum atomic E-state index is -0.561. The van der Waals surface area contributed by atoms with Crippen molar-refractivity contribution in [1.82, 2.24) is 40.1 Å². The van der Waals surface area contributed by atoms with Crippen LogP contribution in [0.25, 0.3) is 33.7 Å². The van der Waals surface area contributed by atoms with Crippen molar-refractivity contribution in [3.05, 3.63) is 80.8 Å². The first-order valence-electron chi connectivity index (χ1n) is 10.9. The Balaban J connectivity index is 1.53. The number of fused-ring (bicyclic) bond motifs is 1. The van der Waals surface area contributed by atoms with Gasteiger partial charge in [-0.2, -0.15) is 5.21 Å². The highest BCUT2D eigenvalue weighted by molar-refractivity contribution is 5.80. The summed E-state index contributed by atoms with van der Waals surface area (Å²) >= 11 is 0. The van der Waals surface area contributed by atoms with Crippen LogP contribution in [0.2, 0.25) is 0 Å². The molecule has 0 amide bonds. The average molecular weight is 457 g/mol. The van der Waals surface area contributed by atoms with E-state index in [0.717, 1.165) is 28.1 Å². The number of imidazole rings is 1. The number of aromatic amines is 3. The van der Waals surface area contributed by atoms with Crippen LogP contribution in [0.15, 0.2) is 58.1 Å². The van der Waals surface area contributed by atoms with Crippen LogP contribution in [-0.2, 0) is 13.0 Å². The molecule has 10 nitrogen and oxygen atoms in total. The van der Waals surface area contributed by atoms with E-state index in [4.69, 9.17) is 0 Å². The minimum Gasteiger partial charge on any atom is -0.318 e. The molecule has 2 aromatic carbocycles. The van der Waals surface area contributed by atoms with Gasteiger partial charge in [-0.15, -0.1) is 10.2 Å². The number of aromatic nitrogens is 8. The lowest BCUT2D eigenvalue weighted by Gasteiger charge is -2.18. The van der Waals surface area contributed by atoms with E-state index in [-0.39, 0.29) is 5.41 Å². The second kappa shape index (κ2) is 8.22. The summed E-state index contributed by atoms with van der Waals surface area (Å²) in [5, 5.41) is 14.4. The lowest BCUT2D eigenvalue weighted by Crippen LogP contribution is -2.24. The number of nitrogens with zero attached hydrogens (tertiary/aromatic N) is 5. The maximum Gasteiger partial charge on any atom is 0.327 e. The van der Waals surface area contributed by atoms with Crippen molar-refractivity contribution in [1.29, 1.82) is 0 Å². The highest BCUT2D eigenvalue weighted by Gasteiger charge is 2.21. The van der Waals surface area contributed by atoms with E-state index >= 15 is 0 Å². The molecule has 0 bridgehead atoms. The van der Waals surface area contributed by atoms with Crippen molar-refractivity contribution in [3.8, 4) is 22.5 Å².